The lowest BCUT2D eigenvalue weighted by atomic mass is 10.1. The maximum Gasteiger partial charge on any atom is 0.425 e. The second kappa shape index (κ2) is 9.59. The summed E-state index contributed by atoms with van der Waals surface area (Å²) >= 11 is 5.86. The summed E-state index contributed by atoms with van der Waals surface area (Å²) < 4.78 is 73.2. The molecule has 0 fully saturated rings. The summed E-state index contributed by atoms with van der Waals surface area (Å²) in [5, 5.41) is 1.91. The van der Waals surface area contributed by atoms with Crippen LogP contribution in [0.4, 0.5) is 27.6 Å². The average Bonchev–Trinajstić information content (AvgIpc) is 2.76. The zero-order valence-corrected chi connectivity index (χ0v) is 17.8. The highest BCUT2D eigenvalue weighted by Gasteiger charge is 2.39. The zero-order chi connectivity index (χ0) is 25.2. The third kappa shape index (κ3) is 5.39. The van der Waals surface area contributed by atoms with Crippen molar-refractivity contribution in [2.24, 2.45) is 5.73 Å². The van der Waals surface area contributed by atoms with Crippen molar-refractivity contribution >= 4 is 29.1 Å². The van der Waals surface area contributed by atoms with Crippen LogP contribution in [0.15, 0.2) is 42.7 Å². The van der Waals surface area contributed by atoms with Gasteiger partial charge in [0.15, 0.2) is 6.10 Å². The molecule has 1 aromatic heterocycles. The second-order valence-corrected chi connectivity index (χ2v) is 7.24. The Kier molecular flexibility index (Phi) is 7.01. The number of primary amides is 1. The third-order valence-corrected chi connectivity index (χ3v) is 4.78. The van der Waals surface area contributed by atoms with E-state index in [1.165, 1.54) is 12.1 Å². The van der Waals surface area contributed by atoms with Gasteiger partial charge in [-0.15, -0.1) is 0 Å². The van der Waals surface area contributed by atoms with Gasteiger partial charge in [0.2, 0.25) is 0 Å². The van der Waals surface area contributed by atoms with E-state index in [1.54, 1.807) is 0 Å². The van der Waals surface area contributed by atoms with Crippen molar-refractivity contribution in [3.63, 3.8) is 0 Å². The normalized spacial score (nSPS) is 12.2. The first-order valence-electron chi connectivity index (χ1n) is 9.33. The van der Waals surface area contributed by atoms with E-state index in [0.717, 1.165) is 24.5 Å². The third-order valence-electron chi connectivity index (χ3n) is 4.46. The van der Waals surface area contributed by atoms with E-state index in [9.17, 15) is 31.5 Å². The van der Waals surface area contributed by atoms with Crippen LogP contribution in [0.1, 0.15) is 27.8 Å². The second-order valence-electron chi connectivity index (χ2n) is 6.83. The highest BCUT2D eigenvalue weighted by molar-refractivity contribution is 6.34. The molecule has 3 rings (SSSR count). The number of nitrogens with zero attached hydrogens (tertiary/aromatic N) is 2. The van der Waals surface area contributed by atoms with Crippen LogP contribution < -0.4 is 15.8 Å². The molecule has 7 nitrogen and oxygen atoms in total. The van der Waals surface area contributed by atoms with Gasteiger partial charge < -0.3 is 15.8 Å². The molecule has 2 amide bonds. The number of rotatable bonds is 6. The lowest BCUT2D eigenvalue weighted by Crippen LogP contribution is -2.32. The molecule has 13 heteroatoms. The van der Waals surface area contributed by atoms with Crippen LogP contribution in [0.2, 0.25) is 5.02 Å². The number of ether oxygens (including phenoxy) is 1. The Morgan fingerprint density at radius 1 is 1.12 bits per heavy atom. The molecule has 178 valence electrons. The van der Waals surface area contributed by atoms with E-state index in [0.29, 0.717) is 13.0 Å². The first-order chi connectivity index (χ1) is 15.9. The van der Waals surface area contributed by atoms with Crippen molar-refractivity contribution in [3.05, 3.63) is 70.6 Å². The van der Waals surface area contributed by atoms with Crippen molar-refractivity contribution in [1.82, 2.24) is 9.97 Å². The molecule has 34 heavy (non-hydrogen) atoms. The number of hydrogen-bond acceptors (Lipinski definition) is 5. The molecule has 3 aromatic rings. The van der Waals surface area contributed by atoms with E-state index in [4.69, 9.17) is 22.1 Å². The quantitative estimate of drug-likeness (QED) is 0.475. The highest BCUT2D eigenvalue weighted by Crippen LogP contribution is 2.34. The molecule has 0 radical (unpaired) electrons. The number of benzene rings is 2. The number of hydrogen-bond donors (Lipinski definition) is 2. The van der Waals surface area contributed by atoms with Gasteiger partial charge in [-0.05, 0) is 31.2 Å². The fraction of sp³-hybridized carbons (Fsp3) is 0.143. The number of alkyl halides is 3. The Morgan fingerprint density at radius 3 is 2.38 bits per heavy atom. The molecule has 0 spiro atoms. The molecule has 1 unspecified atom stereocenters. The molecule has 0 bridgehead atoms. The topological polar surface area (TPSA) is 107 Å². The summed E-state index contributed by atoms with van der Waals surface area (Å²) in [4.78, 5) is 31.4. The SMILES string of the molecule is CC(Oc1cc(-c2cnc(C(N)=O)cn2)c(F)cc1C(=O)Nc1c(F)cccc1Cl)C(F)(F)F. The number of anilines is 1. The van der Waals surface area contributed by atoms with Gasteiger partial charge in [0, 0.05) is 5.56 Å². The van der Waals surface area contributed by atoms with E-state index in [2.05, 4.69) is 15.3 Å². The fourth-order valence-electron chi connectivity index (χ4n) is 2.67. The Balaban J connectivity index is 2.08. The molecule has 0 aliphatic carbocycles. The van der Waals surface area contributed by atoms with E-state index in [1.807, 2.05) is 0 Å². The minimum atomic E-state index is -4.82. The fourth-order valence-corrected chi connectivity index (χ4v) is 2.88. The van der Waals surface area contributed by atoms with E-state index < -0.39 is 52.7 Å². The maximum absolute atomic E-state index is 14.9. The summed E-state index contributed by atoms with van der Waals surface area (Å²) in [5.41, 5.74) is 3.14. The summed E-state index contributed by atoms with van der Waals surface area (Å²) in [6.07, 6.45) is -5.30. The van der Waals surface area contributed by atoms with Gasteiger partial charge in [-0.2, -0.15) is 13.2 Å². The van der Waals surface area contributed by atoms with Gasteiger partial charge in [-0.3, -0.25) is 14.6 Å². The van der Waals surface area contributed by atoms with Crippen molar-refractivity contribution in [3.8, 4) is 17.0 Å². The van der Waals surface area contributed by atoms with Crippen LogP contribution in [-0.4, -0.2) is 34.1 Å². The number of nitrogens with two attached hydrogens (primary N) is 1. The Morgan fingerprint density at radius 2 is 1.82 bits per heavy atom. The van der Waals surface area contributed by atoms with Crippen LogP contribution in [0.5, 0.6) is 5.75 Å². The summed E-state index contributed by atoms with van der Waals surface area (Å²) in [7, 11) is 0. The van der Waals surface area contributed by atoms with Gasteiger partial charge in [0.1, 0.15) is 23.1 Å². The lowest BCUT2D eigenvalue weighted by molar-refractivity contribution is -0.189. The van der Waals surface area contributed by atoms with E-state index in [-0.39, 0.29) is 22.0 Å². The minimum absolute atomic E-state index is 0.184. The Labute approximate surface area is 193 Å². The monoisotopic (exact) mass is 500 g/mol. The number of amides is 2. The van der Waals surface area contributed by atoms with Gasteiger partial charge in [0.25, 0.3) is 11.8 Å². The summed E-state index contributed by atoms with van der Waals surface area (Å²) in [5.74, 6) is -4.77. The molecule has 0 saturated carbocycles. The summed E-state index contributed by atoms with van der Waals surface area (Å²) in [6, 6.07) is 4.93. The van der Waals surface area contributed by atoms with Crippen molar-refractivity contribution in [1.29, 1.82) is 0 Å². The number of aromatic nitrogens is 2. The van der Waals surface area contributed by atoms with Crippen LogP contribution >= 0.6 is 11.6 Å². The largest absolute Gasteiger partial charge is 0.480 e. The standard InChI is InChI=1S/C21H14ClF5N4O3/c1-9(21(25,26)27)34-17-6-10(15-7-30-16(8-29-15)19(28)32)14(24)5-11(17)20(33)31-18-12(22)3-2-4-13(18)23/h2-9H,1H3,(H2,28,32)(H,31,33). The number of para-hydroxylation sites is 1. The average molecular weight is 501 g/mol. The summed E-state index contributed by atoms with van der Waals surface area (Å²) in [6.45, 7) is 0.680. The van der Waals surface area contributed by atoms with Crippen molar-refractivity contribution in [2.75, 3.05) is 5.32 Å². The van der Waals surface area contributed by atoms with Crippen LogP contribution in [0.3, 0.4) is 0 Å². The number of halogens is 6. The van der Waals surface area contributed by atoms with Crippen molar-refractivity contribution < 1.29 is 36.3 Å². The lowest BCUT2D eigenvalue weighted by Gasteiger charge is -2.20. The number of carbonyl (C=O) groups is 2. The van der Waals surface area contributed by atoms with Crippen LogP contribution in [0, 0.1) is 11.6 Å². The first kappa shape index (κ1) is 24.8. The molecular formula is C21H14ClF5N4O3. The molecular weight excluding hydrogens is 487 g/mol. The van der Waals surface area contributed by atoms with Gasteiger partial charge in [0.05, 0.1) is 34.4 Å². The molecule has 3 N–H and O–H groups in total. The van der Waals surface area contributed by atoms with Crippen LogP contribution in [-0.2, 0) is 0 Å². The number of nitrogens with one attached hydrogen (secondary N) is 1. The zero-order valence-electron chi connectivity index (χ0n) is 17.1. The highest BCUT2D eigenvalue weighted by atomic mass is 35.5. The van der Waals surface area contributed by atoms with Gasteiger partial charge >= 0.3 is 6.18 Å². The predicted octanol–water partition coefficient (Wildman–Crippen LogP) is 4.76. The smallest absolute Gasteiger partial charge is 0.425 e. The predicted molar refractivity (Wildman–Crippen MR) is 111 cm³/mol. The maximum atomic E-state index is 14.9. The molecule has 0 saturated heterocycles. The molecule has 0 aliphatic rings. The van der Waals surface area contributed by atoms with Gasteiger partial charge in [-0.1, -0.05) is 17.7 Å². The molecule has 0 aliphatic heterocycles. The number of carbonyl (C=O) groups excluding carboxylic acids is 2. The van der Waals surface area contributed by atoms with Gasteiger partial charge in [-0.25, -0.2) is 13.8 Å². The van der Waals surface area contributed by atoms with Crippen LogP contribution in [0.25, 0.3) is 11.3 Å². The Hall–Kier alpha value is -3.80. The molecule has 2 aromatic carbocycles. The van der Waals surface area contributed by atoms with E-state index >= 15 is 0 Å². The molecule has 1 atom stereocenters. The Bertz CT molecular complexity index is 1230. The molecule has 1 heterocycles. The first-order valence-corrected chi connectivity index (χ1v) is 9.70. The van der Waals surface area contributed by atoms with Crippen molar-refractivity contribution in [2.45, 2.75) is 19.2 Å². The minimum Gasteiger partial charge on any atom is -0.480 e.